The van der Waals surface area contributed by atoms with Crippen LogP contribution in [0.15, 0.2) is 17.1 Å². The lowest BCUT2D eigenvalue weighted by Gasteiger charge is -2.23. The van der Waals surface area contributed by atoms with Crippen LogP contribution in [0.1, 0.15) is 34.4 Å². The molecule has 6 heteroatoms. The summed E-state index contributed by atoms with van der Waals surface area (Å²) in [5.74, 6) is 0.716. The van der Waals surface area contributed by atoms with E-state index in [1.54, 1.807) is 11.3 Å². The molecule has 2 aromatic rings. The van der Waals surface area contributed by atoms with E-state index in [0.717, 1.165) is 23.7 Å². The maximum atomic E-state index is 11.5. The van der Waals surface area contributed by atoms with Crippen LogP contribution in [0.2, 0.25) is 0 Å². The SMILES string of the molecule is Cc1cc(=O)[nH]c(C(C)N(C)CCc2ncc(C)s2)n1. The van der Waals surface area contributed by atoms with E-state index in [2.05, 4.69) is 26.8 Å². The van der Waals surface area contributed by atoms with Gasteiger partial charge in [-0.25, -0.2) is 9.97 Å². The van der Waals surface area contributed by atoms with Crippen molar-refractivity contribution in [2.45, 2.75) is 33.2 Å². The average Bonchev–Trinajstić information content (AvgIpc) is 2.79. The molecule has 0 saturated carbocycles. The van der Waals surface area contributed by atoms with Crippen LogP contribution in [0.3, 0.4) is 0 Å². The molecule has 20 heavy (non-hydrogen) atoms. The van der Waals surface area contributed by atoms with Gasteiger partial charge in [0.15, 0.2) is 0 Å². The van der Waals surface area contributed by atoms with E-state index in [-0.39, 0.29) is 11.6 Å². The quantitative estimate of drug-likeness (QED) is 0.916. The molecule has 1 atom stereocenters. The van der Waals surface area contributed by atoms with Crippen LogP contribution in [0, 0.1) is 13.8 Å². The predicted octanol–water partition coefficient (Wildman–Crippen LogP) is 2.08. The van der Waals surface area contributed by atoms with Crippen molar-refractivity contribution in [3.05, 3.63) is 44.0 Å². The summed E-state index contributed by atoms with van der Waals surface area (Å²) in [6, 6.07) is 1.58. The monoisotopic (exact) mass is 292 g/mol. The van der Waals surface area contributed by atoms with Gasteiger partial charge in [-0.1, -0.05) is 0 Å². The van der Waals surface area contributed by atoms with Crippen molar-refractivity contribution in [1.29, 1.82) is 0 Å². The second-order valence-electron chi connectivity index (χ2n) is 5.04. The molecular weight excluding hydrogens is 272 g/mol. The topological polar surface area (TPSA) is 61.9 Å². The Bertz CT molecular complexity index is 634. The summed E-state index contributed by atoms with van der Waals surface area (Å²) < 4.78 is 0. The first-order chi connectivity index (χ1) is 9.45. The number of aromatic amines is 1. The third-order valence-electron chi connectivity index (χ3n) is 3.29. The van der Waals surface area contributed by atoms with Gasteiger partial charge in [0.25, 0.3) is 5.56 Å². The van der Waals surface area contributed by atoms with Gasteiger partial charge in [0.2, 0.25) is 0 Å². The molecule has 0 aliphatic heterocycles. The number of hydrogen-bond donors (Lipinski definition) is 1. The molecule has 0 fully saturated rings. The van der Waals surface area contributed by atoms with E-state index in [1.807, 2.05) is 27.1 Å². The lowest BCUT2D eigenvalue weighted by molar-refractivity contribution is 0.254. The van der Waals surface area contributed by atoms with Gasteiger partial charge in [-0.15, -0.1) is 11.3 Å². The molecule has 5 nitrogen and oxygen atoms in total. The Balaban J connectivity index is 2.00. The zero-order valence-electron chi connectivity index (χ0n) is 12.3. The van der Waals surface area contributed by atoms with Gasteiger partial charge in [0.1, 0.15) is 5.82 Å². The summed E-state index contributed by atoms with van der Waals surface area (Å²) in [6.07, 6.45) is 2.82. The molecule has 0 aliphatic carbocycles. The first-order valence-corrected chi connectivity index (χ1v) is 7.47. The van der Waals surface area contributed by atoms with E-state index >= 15 is 0 Å². The van der Waals surface area contributed by atoms with Gasteiger partial charge in [-0.2, -0.15) is 0 Å². The third kappa shape index (κ3) is 3.74. The van der Waals surface area contributed by atoms with E-state index in [0.29, 0.717) is 5.82 Å². The first kappa shape index (κ1) is 14.9. The van der Waals surface area contributed by atoms with Crippen LogP contribution in [-0.4, -0.2) is 33.4 Å². The molecule has 0 saturated heterocycles. The van der Waals surface area contributed by atoms with Crippen molar-refractivity contribution in [3.63, 3.8) is 0 Å². The van der Waals surface area contributed by atoms with Gasteiger partial charge in [-0.05, 0) is 27.8 Å². The molecule has 2 aromatic heterocycles. The van der Waals surface area contributed by atoms with Gasteiger partial charge in [0, 0.05) is 35.8 Å². The fourth-order valence-corrected chi connectivity index (χ4v) is 2.77. The Morgan fingerprint density at radius 3 is 2.80 bits per heavy atom. The highest BCUT2D eigenvalue weighted by atomic mass is 32.1. The molecule has 108 valence electrons. The molecule has 0 spiro atoms. The minimum absolute atomic E-state index is 0.0728. The Hall–Kier alpha value is -1.53. The second kappa shape index (κ2) is 6.28. The number of likely N-dealkylation sites (N-methyl/N-ethyl adjacent to an activating group) is 1. The maximum absolute atomic E-state index is 11.5. The number of nitrogens with zero attached hydrogens (tertiary/aromatic N) is 3. The van der Waals surface area contributed by atoms with E-state index in [1.165, 1.54) is 10.9 Å². The molecule has 0 amide bonds. The Kier molecular flexibility index (Phi) is 4.67. The lowest BCUT2D eigenvalue weighted by Crippen LogP contribution is -2.28. The van der Waals surface area contributed by atoms with Gasteiger partial charge < -0.3 is 4.98 Å². The van der Waals surface area contributed by atoms with Crippen molar-refractivity contribution < 1.29 is 0 Å². The minimum atomic E-state index is -0.0942. The average molecular weight is 292 g/mol. The molecule has 1 N–H and O–H groups in total. The van der Waals surface area contributed by atoms with Crippen molar-refractivity contribution in [2.24, 2.45) is 0 Å². The highest BCUT2D eigenvalue weighted by Crippen LogP contribution is 2.16. The summed E-state index contributed by atoms with van der Waals surface area (Å²) in [5, 5.41) is 1.15. The molecule has 2 heterocycles. The van der Waals surface area contributed by atoms with E-state index in [4.69, 9.17) is 0 Å². The van der Waals surface area contributed by atoms with E-state index < -0.39 is 0 Å². The summed E-state index contributed by atoms with van der Waals surface area (Å²) in [7, 11) is 2.04. The summed E-state index contributed by atoms with van der Waals surface area (Å²) in [5.41, 5.74) is 0.655. The molecule has 2 rings (SSSR count). The fourth-order valence-electron chi connectivity index (χ4n) is 1.99. The van der Waals surface area contributed by atoms with Crippen molar-refractivity contribution in [3.8, 4) is 0 Å². The normalized spacial score (nSPS) is 12.8. The number of aryl methyl sites for hydroxylation is 2. The zero-order chi connectivity index (χ0) is 14.7. The van der Waals surface area contributed by atoms with Crippen LogP contribution < -0.4 is 5.56 Å². The Morgan fingerprint density at radius 2 is 2.20 bits per heavy atom. The largest absolute Gasteiger partial charge is 0.309 e. The first-order valence-electron chi connectivity index (χ1n) is 6.65. The van der Waals surface area contributed by atoms with Crippen LogP contribution in [0.25, 0.3) is 0 Å². The molecule has 0 aromatic carbocycles. The van der Waals surface area contributed by atoms with Crippen molar-refractivity contribution >= 4 is 11.3 Å². The standard InChI is InChI=1S/C14H20N4OS/c1-9-7-12(19)17-14(16-9)11(3)18(4)6-5-13-15-8-10(2)20-13/h7-8,11H,5-6H2,1-4H3,(H,16,17,19). The highest BCUT2D eigenvalue weighted by molar-refractivity contribution is 7.11. The number of aromatic nitrogens is 3. The van der Waals surface area contributed by atoms with Gasteiger partial charge in [0.05, 0.1) is 11.0 Å². The smallest absolute Gasteiger partial charge is 0.251 e. The zero-order valence-corrected chi connectivity index (χ0v) is 13.1. The minimum Gasteiger partial charge on any atom is -0.309 e. The highest BCUT2D eigenvalue weighted by Gasteiger charge is 2.15. The summed E-state index contributed by atoms with van der Waals surface area (Å²) in [6.45, 7) is 6.83. The van der Waals surface area contributed by atoms with Gasteiger partial charge >= 0.3 is 0 Å². The second-order valence-corrected chi connectivity index (χ2v) is 6.36. The predicted molar refractivity (Wildman–Crippen MR) is 81.2 cm³/mol. The van der Waals surface area contributed by atoms with Crippen molar-refractivity contribution in [2.75, 3.05) is 13.6 Å². The summed E-state index contributed by atoms with van der Waals surface area (Å²) >= 11 is 1.73. The fraction of sp³-hybridized carbons (Fsp3) is 0.500. The molecular formula is C14H20N4OS. The van der Waals surface area contributed by atoms with Crippen molar-refractivity contribution in [1.82, 2.24) is 19.9 Å². The molecule has 0 bridgehead atoms. The Morgan fingerprint density at radius 1 is 1.45 bits per heavy atom. The van der Waals surface area contributed by atoms with Crippen LogP contribution in [0.4, 0.5) is 0 Å². The van der Waals surface area contributed by atoms with E-state index in [9.17, 15) is 4.79 Å². The molecule has 0 radical (unpaired) electrons. The number of hydrogen-bond acceptors (Lipinski definition) is 5. The van der Waals surface area contributed by atoms with Crippen LogP contribution in [0.5, 0.6) is 0 Å². The molecule has 1 unspecified atom stereocenters. The third-order valence-corrected chi connectivity index (χ3v) is 4.27. The number of H-pyrrole nitrogens is 1. The maximum Gasteiger partial charge on any atom is 0.251 e. The van der Waals surface area contributed by atoms with Gasteiger partial charge in [-0.3, -0.25) is 9.69 Å². The number of nitrogens with one attached hydrogen (secondary N) is 1. The Labute approximate surface area is 122 Å². The molecule has 0 aliphatic rings. The van der Waals surface area contributed by atoms with Crippen LogP contribution >= 0.6 is 11.3 Å². The summed E-state index contributed by atoms with van der Waals surface area (Å²) in [4.78, 5) is 26.5. The number of thiazole rings is 1. The number of rotatable bonds is 5. The van der Waals surface area contributed by atoms with Crippen LogP contribution in [-0.2, 0) is 6.42 Å². The lowest BCUT2D eigenvalue weighted by atomic mass is 10.2.